The number of nitrogens with zero attached hydrogens (tertiary/aromatic N) is 1. The van der Waals surface area contributed by atoms with Crippen LogP contribution in [0.3, 0.4) is 0 Å². The van der Waals surface area contributed by atoms with E-state index in [1.54, 1.807) is 42.5 Å². The number of allylic oxidation sites excluding steroid dienone is 2. The summed E-state index contributed by atoms with van der Waals surface area (Å²) < 4.78 is 63.7. The van der Waals surface area contributed by atoms with Gasteiger partial charge in [0.15, 0.2) is 12.0 Å². The number of furan rings is 1. The predicted octanol–water partition coefficient (Wildman–Crippen LogP) is 6.29. The molecule has 0 aliphatic heterocycles. The Morgan fingerprint density at radius 1 is 1.13 bits per heavy atom. The van der Waals surface area contributed by atoms with Gasteiger partial charge in [0.25, 0.3) is 0 Å². The maximum Gasteiger partial charge on any atom is 0.412 e. The number of rotatable bonds is 7. The molecule has 2 heterocycles. The van der Waals surface area contributed by atoms with E-state index < -0.39 is 42.3 Å². The number of anilines is 2. The Morgan fingerprint density at radius 3 is 2.62 bits per heavy atom. The molecule has 9 nitrogen and oxygen atoms in total. The number of aliphatic hydroxyl groups is 1. The van der Waals surface area contributed by atoms with Crippen molar-refractivity contribution in [2.45, 2.75) is 24.9 Å². The van der Waals surface area contributed by atoms with E-state index in [0.29, 0.717) is 52.1 Å². The summed E-state index contributed by atoms with van der Waals surface area (Å²) in [4.78, 5) is 19.6. The summed E-state index contributed by atoms with van der Waals surface area (Å²) in [7, 11) is 0. The molecule has 0 bridgehead atoms. The summed E-state index contributed by atoms with van der Waals surface area (Å²) in [5.74, 6) is 0.714. The van der Waals surface area contributed by atoms with Crippen molar-refractivity contribution in [3.05, 3.63) is 90.2 Å². The van der Waals surface area contributed by atoms with Crippen LogP contribution in [0.25, 0.3) is 11.0 Å². The third kappa shape index (κ3) is 6.21. The molecule has 39 heavy (non-hydrogen) atoms. The van der Waals surface area contributed by atoms with Crippen molar-refractivity contribution in [2.75, 3.05) is 10.6 Å². The minimum absolute atomic E-state index is 0.321. The Bertz CT molecular complexity index is 1530. The number of imidazole rings is 1. The highest BCUT2D eigenvalue weighted by Gasteiger charge is 2.37. The van der Waals surface area contributed by atoms with Gasteiger partial charge in [-0.15, -0.1) is 0 Å². The van der Waals surface area contributed by atoms with Crippen molar-refractivity contribution in [1.29, 1.82) is 0 Å². The second-order valence-corrected chi connectivity index (χ2v) is 8.55. The number of carbonyl (C=O) groups excluding carboxylic acids is 1. The lowest BCUT2D eigenvalue weighted by Crippen LogP contribution is -2.40. The SMILES string of the molecule is O=C(Nc1ccc(Oc2ccc3nc(NC(O)c4ccco4)[nH]c3c2)cc1)NC1CC(C(F)(F)F)=CC=C1F. The van der Waals surface area contributed by atoms with Gasteiger partial charge in [0.05, 0.1) is 23.3 Å². The second-order valence-electron chi connectivity index (χ2n) is 8.55. The fourth-order valence-corrected chi connectivity index (χ4v) is 3.85. The van der Waals surface area contributed by atoms with Gasteiger partial charge in [0, 0.05) is 23.7 Å². The molecular formula is C26H21F4N5O4. The first-order chi connectivity index (χ1) is 18.6. The number of urea groups is 1. The average molecular weight is 543 g/mol. The van der Waals surface area contributed by atoms with Crippen LogP contribution in [0.1, 0.15) is 18.4 Å². The maximum absolute atomic E-state index is 13.9. The molecule has 0 radical (unpaired) electrons. The van der Waals surface area contributed by atoms with Crippen LogP contribution in [-0.2, 0) is 0 Å². The average Bonchev–Trinajstić information content (AvgIpc) is 3.56. The van der Waals surface area contributed by atoms with Crippen molar-refractivity contribution in [1.82, 2.24) is 15.3 Å². The van der Waals surface area contributed by atoms with Crippen molar-refractivity contribution >= 4 is 28.7 Å². The van der Waals surface area contributed by atoms with E-state index in [1.165, 1.54) is 18.4 Å². The molecule has 5 N–H and O–H groups in total. The number of hydrogen-bond donors (Lipinski definition) is 5. The van der Waals surface area contributed by atoms with Crippen LogP contribution in [-0.4, -0.2) is 33.3 Å². The summed E-state index contributed by atoms with van der Waals surface area (Å²) in [5, 5.41) is 17.6. The molecule has 4 aromatic rings. The van der Waals surface area contributed by atoms with Crippen LogP contribution < -0.4 is 20.7 Å². The van der Waals surface area contributed by atoms with Crippen LogP contribution in [0, 0.1) is 0 Å². The van der Waals surface area contributed by atoms with E-state index in [-0.39, 0.29) is 0 Å². The number of aromatic amines is 1. The van der Waals surface area contributed by atoms with Gasteiger partial charge in [0.1, 0.15) is 17.3 Å². The molecule has 2 aromatic heterocycles. The zero-order valence-electron chi connectivity index (χ0n) is 19.9. The number of alkyl halides is 3. The zero-order chi connectivity index (χ0) is 27.6. The van der Waals surface area contributed by atoms with Crippen molar-refractivity contribution < 1.29 is 36.6 Å². The monoisotopic (exact) mass is 543 g/mol. The standard InChI is InChI=1S/C26H21F4N5O4/c27-18-9-3-14(26(28,29)30)12-20(18)34-25(37)31-15-4-6-16(7-5-15)39-17-8-10-19-21(13-17)33-24(32-19)35-23(36)22-2-1-11-38-22/h1-11,13,20,23,36H,12H2,(H2,31,34,37)(H2,32,33,35). The first-order valence-electron chi connectivity index (χ1n) is 11.6. The molecule has 0 saturated carbocycles. The molecule has 0 spiro atoms. The summed E-state index contributed by atoms with van der Waals surface area (Å²) >= 11 is 0. The lowest BCUT2D eigenvalue weighted by Gasteiger charge is -2.23. The Balaban J connectivity index is 1.17. The summed E-state index contributed by atoms with van der Waals surface area (Å²) in [6.07, 6.45) is -3.58. The summed E-state index contributed by atoms with van der Waals surface area (Å²) in [5.41, 5.74) is 0.665. The molecule has 2 unspecified atom stereocenters. The second kappa shape index (κ2) is 10.5. The van der Waals surface area contributed by atoms with Crippen molar-refractivity contribution in [3.63, 3.8) is 0 Å². The highest BCUT2D eigenvalue weighted by atomic mass is 19.4. The van der Waals surface area contributed by atoms with E-state index in [1.807, 2.05) is 0 Å². The van der Waals surface area contributed by atoms with Crippen LogP contribution in [0.2, 0.25) is 0 Å². The molecule has 2 amide bonds. The summed E-state index contributed by atoms with van der Waals surface area (Å²) in [6, 6.07) is 12.3. The van der Waals surface area contributed by atoms with Gasteiger partial charge >= 0.3 is 12.2 Å². The Kier molecular flexibility index (Phi) is 6.98. The lowest BCUT2D eigenvalue weighted by molar-refractivity contribution is -0.0948. The third-order valence-corrected chi connectivity index (χ3v) is 5.76. The molecule has 1 aliphatic rings. The van der Waals surface area contributed by atoms with Gasteiger partial charge in [-0.25, -0.2) is 14.2 Å². The highest BCUT2D eigenvalue weighted by Crippen LogP contribution is 2.33. The number of ether oxygens (including phenoxy) is 1. The number of hydrogen-bond acceptors (Lipinski definition) is 6. The Hall–Kier alpha value is -4.78. The molecule has 202 valence electrons. The summed E-state index contributed by atoms with van der Waals surface area (Å²) in [6.45, 7) is 0. The van der Waals surface area contributed by atoms with E-state index in [2.05, 4.69) is 25.9 Å². The fraction of sp³-hybridized carbons (Fsp3) is 0.154. The molecule has 0 fully saturated rings. The van der Waals surface area contributed by atoms with Gasteiger partial charge in [-0.3, -0.25) is 0 Å². The molecular weight excluding hydrogens is 522 g/mol. The number of H-pyrrole nitrogens is 1. The number of nitrogens with one attached hydrogen (secondary N) is 4. The minimum Gasteiger partial charge on any atom is -0.465 e. The maximum atomic E-state index is 13.9. The third-order valence-electron chi connectivity index (χ3n) is 5.76. The van der Waals surface area contributed by atoms with Crippen molar-refractivity contribution in [2.24, 2.45) is 0 Å². The van der Waals surface area contributed by atoms with Gasteiger partial charge in [0.2, 0.25) is 5.95 Å². The quantitative estimate of drug-likeness (QED) is 0.138. The molecule has 5 rings (SSSR count). The van der Waals surface area contributed by atoms with E-state index in [0.717, 1.165) is 0 Å². The minimum atomic E-state index is -4.60. The van der Waals surface area contributed by atoms with Gasteiger partial charge in [-0.1, -0.05) is 6.08 Å². The number of aromatic nitrogens is 2. The number of aliphatic hydroxyl groups excluding tert-OH is 1. The zero-order valence-corrected chi connectivity index (χ0v) is 19.9. The van der Waals surface area contributed by atoms with Gasteiger partial charge in [-0.05, 0) is 54.6 Å². The molecule has 2 aromatic carbocycles. The number of amides is 2. The molecule has 13 heteroatoms. The van der Waals surface area contributed by atoms with Crippen LogP contribution >= 0.6 is 0 Å². The first-order valence-corrected chi connectivity index (χ1v) is 11.6. The molecule has 2 atom stereocenters. The van der Waals surface area contributed by atoms with Gasteiger partial charge < -0.3 is 35.2 Å². The van der Waals surface area contributed by atoms with Gasteiger partial charge in [-0.2, -0.15) is 13.2 Å². The predicted molar refractivity (Wildman–Crippen MR) is 134 cm³/mol. The highest BCUT2D eigenvalue weighted by molar-refractivity contribution is 5.89. The Labute approximate surface area is 218 Å². The Morgan fingerprint density at radius 2 is 1.90 bits per heavy atom. The normalized spacial score (nSPS) is 16.3. The number of carbonyl (C=O) groups is 1. The number of benzene rings is 2. The topological polar surface area (TPSA) is 124 Å². The van der Waals surface area contributed by atoms with E-state index in [9.17, 15) is 27.5 Å². The lowest BCUT2D eigenvalue weighted by atomic mass is 9.99. The van der Waals surface area contributed by atoms with Crippen LogP contribution in [0.15, 0.2) is 88.8 Å². The van der Waals surface area contributed by atoms with E-state index >= 15 is 0 Å². The smallest absolute Gasteiger partial charge is 0.412 e. The van der Waals surface area contributed by atoms with Crippen molar-refractivity contribution in [3.8, 4) is 11.5 Å². The van der Waals surface area contributed by atoms with Crippen LogP contribution in [0.4, 0.5) is 34.0 Å². The fourth-order valence-electron chi connectivity index (χ4n) is 3.85. The molecule has 0 saturated heterocycles. The number of halogens is 4. The van der Waals surface area contributed by atoms with E-state index in [4.69, 9.17) is 9.15 Å². The molecule has 1 aliphatic carbocycles. The first kappa shape index (κ1) is 25.9. The largest absolute Gasteiger partial charge is 0.465 e. The number of fused-ring (bicyclic) bond motifs is 1. The van der Waals surface area contributed by atoms with Crippen LogP contribution in [0.5, 0.6) is 11.5 Å².